The van der Waals surface area contributed by atoms with Crippen molar-refractivity contribution in [2.45, 2.75) is 136 Å². The van der Waals surface area contributed by atoms with E-state index in [1.165, 1.54) is 0 Å². The number of aromatic nitrogens is 1. The molecule has 1 aromatic carbocycles. The minimum Gasteiger partial charge on any atom is -0.481 e. The zero-order valence-corrected chi connectivity index (χ0v) is 36.9. The van der Waals surface area contributed by atoms with Gasteiger partial charge in [-0.25, -0.2) is 0 Å². The second kappa shape index (κ2) is 27.8. The van der Waals surface area contributed by atoms with Gasteiger partial charge in [-0.05, 0) is 82.0 Å². The van der Waals surface area contributed by atoms with Crippen LogP contribution >= 0.6 is 0 Å². The van der Waals surface area contributed by atoms with Gasteiger partial charge in [0.25, 0.3) is 0 Å². The van der Waals surface area contributed by atoms with E-state index in [4.69, 9.17) is 17.2 Å². The predicted molar refractivity (Wildman–Crippen MR) is 235 cm³/mol. The Labute approximate surface area is 364 Å². The Morgan fingerprint density at radius 3 is 1.85 bits per heavy atom. The van der Waals surface area contributed by atoms with E-state index in [2.05, 4.69) is 20.9 Å². The fourth-order valence-corrected chi connectivity index (χ4v) is 7.35. The van der Waals surface area contributed by atoms with Crippen LogP contribution in [0.5, 0.6) is 0 Å². The summed E-state index contributed by atoms with van der Waals surface area (Å²) in [6.45, 7) is 7.03. The fraction of sp³-hybridized carbons (Fsp3) is 0.644. The molecule has 346 valence electrons. The van der Waals surface area contributed by atoms with Crippen LogP contribution in [0, 0.1) is 29.6 Å². The Morgan fingerprint density at radius 2 is 1.26 bits per heavy atom. The first-order valence-corrected chi connectivity index (χ1v) is 22.1. The molecule has 0 aliphatic heterocycles. The van der Waals surface area contributed by atoms with E-state index in [1.54, 1.807) is 20.0 Å². The number of hydrogen-bond donors (Lipinski definition) is 9. The summed E-state index contributed by atoms with van der Waals surface area (Å²) in [7, 11) is 0. The van der Waals surface area contributed by atoms with E-state index in [9.17, 15) is 48.6 Å². The molecule has 12 N–H and O–H groups in total. The van der Waals surface area contributed by atoms with Crippen molar-refractivity contribution in [3.05, 3.63) is 36.0 Å². The van der Waals surface area contributed by atoms with Crippen LogP contribution in [0.3, 0.4) is 0 Å². The summed E-state index contributed by atoms with van der Waals surface area (Å²) in [6.07, 6.45) is 3.78. The third-order valence-corrected chi connectivity index (χ3v) is 11.9. The number of carboxylic acid groups (broad SMARTS) is 1. The summed E-state index contributed by atoms with van der Waals surface area (Å²) in [5, 5.41) is 28.5. The molecule has 0 spiro atoms. The molecule has 8 atom stereocenters. The number of amides is 4. The number of ketones is 3. The number of primary amides is 1. The van der Waals surface area contributed by atoms with Crippen LogP contribution in [-0.4, -0.2) is 100.0 Å². The van der Waals surface area contributed by atoms with E-state index in [0.29, 0.717) is 51.6 Å². The van der Waals surface area contributed by atoms with Crippen molar-refractivity contribution in [3.63, 3.8) is 0 Å². The van der Waals surface area contributed by atoms with E-state index < -0.39 is 95.4 Å². The number of carboxylic acids is 1. The van der Waals surface area contributed by atoms with Crippen LogP contribution in [0.4, 0.5) is 0 Å². The van der Waals surface area contributed by atoms with Gasteiger partial charge in [-0.1, -0.05) is 58.7 Å². The molecule has 2 aromatic rings. The number of aromatic amines is 1. The normalized spacial score (nSPS) is 15.3. The minimum absolute atomic E-state index is 0.150. The maximum Gasteiger partial charge on any atom is 0.303 e. The SMILES string of the molecule is CC[C@@H](C)C(=O)N[C@@H](CCC(=O)O)C(=O)C[C@H](C(=O)N[C@@H](CCCCN)C(=O)C[C@@H](CCCCN)C(=O)N[C@@H](CO)C(=O)C[C@@H](Cc1c[nH]c2ccccc12)C(N)=O)[C@@H](C)CC. The lowest BCUT2D eigenvalue weighted by Crippen LogP contribution is -2.49. The van der Waals surface area contributed by atoms with E-state index >= 15 is 0 Å². The number of benzene rings is 1. The highest BCUT2D eigenvalue weighted by atomic mass is 16.4. The number of rotatable bonds is 33. The summed E-state index contributed by atoms with van der Waals surface area (Å²) in [4.78, 5) is 109. The summed E-state index contributed by atoms with van der Waals surface area (Å²) in [5.74, 6) is -8.67. The summed E-state index contributed by atoms with van der Waals surface area (Å²) in [6, 6.07) is 3.88. The highest BCUT2D eigenvalue weighted by molar-refractivity contribution is 5.97. The van der Waals surface area contributed by atoms with Crippen LogP contribution in [-0.2, 0) is 44.8 Å². The Morgan fingerprint density at radius 1 is 0.694 bits per heavy atom. The number of fused-ring (bicyclic) bond motifs is 1. The number of Topliss-reactive ketones (excluding diaryl/α,β-unsaturated/α-hetero) is 3. The number of carbonyl (C=O) groups excluding carboxylic acids is 7. The predicted octanol–water partition coefficient (Wildman–Crippen LogP) is 2.58. The van der Waals surface area contributed by atoms with Crippen molar-refractivity contribution in [3.8, 4) is 0 Å². The van der Waals surface area contributed by atoms with Crippen molar-refractivity contribution >= 4 is 57.9 Å². The molecule has 17 nitrogen and oxygen atoms in total. The van der Waals surface area contributed by atoms with Crippen LogP contribution in [0.2, 0.25) is 0 Å². The number of carbonyl (C=O) groups is 8. The monoisotopic (exact) mass is 870 g/mol. The van der Waals surface area contributed by atoms with E-state index in [-0.39, 0.29) is 57.3 Å². The molecule has 0 saturated carbocycles. The number of hydrogen-bond acceptors (Lipinski definition) is 11. The van der Waals surface area contributed by atoms with Gasteiger partial charge in [-0.3, -0.25) is 38.4 Å². The second-order valence-corrected chi connectivity index (χ2v) is 16.5. The smallest absolute Gasteiger partial charge is 0.303 e. The number of nitrogens with two attached hydrogens (primary N) is 3. The first kappa shape index (κ1) is 53.1. The molecule has 0 aliphatic rings. The maximum atomic E-state index is 14.1. The average molecular weight is 870 g/mol. The largest absolute Gasteiger partial charge is 0.481 e. The molecule has 0 bridgehead atoms. The summed E-state index contributed by atoms with van der Waals surface area (Å²) >= 11 is 0. The van der Waals surface area contributed by atoms with Gasteiger partial charge in [0, 0.05) is 66.5 Å². The Kier molecular flexibility index (Phi) is 23.9. The Hall–Kier alpha value is -5.00. The topological polar surface area (TPSA) is 307 Å². The number of H-pyrrole nitrogens is 1. The van der Waals surface area contributed by atoms with Crippen molar-refractivity contribution in [2.75, 3.05) is 19.7 Å². The van der Waals surface area contributed by atoms with E-state index in [1.807, 2.05) is 38.1 Å². The number of aliphatic hydroxyl groups is 1. The quantitative estimate of drug-likeness (QED) is 0.0468. The van der Waals surface area contributed by atoms with Crippen LogP contribution in [0.15, 0.2) is 30.5 Å². The van der Waals surface area contributed by atoms with Crippen molar-refractivity contribution in [1.82, 2.24) is 20.9 Å². The van der Waals surface area contributed by atoms with Crippen molar-refractivity contribution in [2.24, 2.45) is 46.8 Å². The molecular weight excluding hydrogens is 799 g/mol. The maximum absolute atomic E-state index is 14.1. The lowest BCUT2D eigenvalue weighted by molar-refractivity contribution is -0.139. The molecular formula is C45H71N7O10. The fourth-order valence-electron chi connectivity index (χ4n) is 7.35. The van der Waals surface area contributed by atoms with Gasteiger partial charge in [0.15, 0.2) is 17.3 Å². The summed E-state index contributed by atoms with van der Waals surface area (Å²) in [5.41, 5.74) is 18.8. The number of unbranched alkanes of at least 4 members (excludes halogenated alkanes) is 2. The highest BCUT2D eigenvalue weighted by Gasteiger charge is 2.35. The molecule has 1 aromatic heterocycles. The number of aliphatic hydroxyl groups excluding tert-OH is 1. The molecule has 62 heavy (non-hydrogen) atoms. The first-order chi connectivity index (χ1) is 29.5. The van der Waals surface area contributed by atoms with Gasteiger partial charge < -0.3 is 48.3 Å². The van der Waals surface area contributed by atoms with Gasteiger partial charge >= 0.3 is 5.97 Å². The van der Waals surface area contributed by atoms with Crippen molar-refractivity contribution in [1.29, 1.82) is 0 Å². The molecule has 0 fully saturated rings. The molecule has 2 rings (SSSR count). The molecule has 1 heterocycles. The van der Waals surface area contributed by atoms with Gasteiger partial charge in [-0.15, -0.1) is 0 Å². The summed E-state index contributed by atoms with van der Waals surface area (Å²) < 4.78 is 0. The number of nitrogens with one attached hydrogen (secondary N) is 4. The lowest BCUT2D eigenvalue weighted by Gasteiger charge is -2.28. The molecule has 0 radical (unpaired) electrons. The van der Waals surface area contributed by atoms with E-state index in [0.717, 1.165) is 16.5 Å². The first-order valence-electron chi connectivity index (χ1n) is 22.1. The van der Waals surface area contributed by atoms with Crippen LogP contribution < -0.4 is 33.2 Å². The Balaban J connectivity index is 2.30. The third kappa shape index (κ3) is 17.4. The van der Waals surface area contributed by atoms with Crippen LogP contribution in [0.25, 0.3) is 10.9 Å². The molecule has 0 aliphatic carbocycles. The minimum atomic E-state index is -1.39. The van der Waals surface area contributed by atoms with Gasteiger partial charge in [0.1, 0.15) is 6.04 Å². The lowest BCUT2D eigenvalue weighted by atomic mass is 9.84. The molecule has 4 amide bonds. The number of aliphatic carboxylic acids is 1. The van der Waals surface area contributed by atoms with Crippen LogP contribution in [0.1, 0.15) is 117 Å². The average Bonchev–Trinajstić information content (AvgIpc) is 3.66. The van der Waals surface area contributed by atoms with Gasteiger partial charge in [-0.2, -0.15) is 0 Å². The highest BCUT2D eigenvalue weighted by Crippen LogP contribution is 2.25. The van der Waals surface area contributed by atoms with Crippen molar-refractivity contribution < 1.29 is 48.6 Å². The molecule has 0 saturated heterocycles. The molecule has 17 heteroatoms. The standard InChI is InChI=1S/C45H71N7O10/c1-5-27(3)33(24-40(56)36(17-18-41(57)58)50-43(60)28(4)6-2)45(62)51-35(16-10-12-20-47)38(54)22-29(13-9-11-19-46)44(61)52-37(26-53)39(55)23-30(42(48)59)21-31-25-49-34-15-8-7-14-32(31)34/h7-8,14-15,25,27-30,33,35-37,49,53H,5-6,9-13,16-24,26,46-47H2,1-4H3,(H2,48,59)(H,50,60)(H,51,62)(H,52,61)(H,57,58)/t27-,28+,29+,30+,33-,35-,36-,37-/m0/s1. The molecule has 0 unspecified atom stereocenters. The van der Waals surface area contributed by atoms with Gasteiger partial charge in [0.2, 0.25) is 23.6 Å². The zero-order valence-electron chi connectivity index (χ0n) is 36.9. The second-order valence-electron chi connectivity index (χ2n) is 16.5. The Bertz CT molecular complexity index is 1800. The zero-order chi connectivity index (χ0) is 46.4. The number of para-hydroxylation sites is 1. The van der Waals surface area contributed by atoms with Gasteiger partial charge in [0.05, 0.1) is 18.7 Å². The third-order valence-electron chi connectivity index (χ3n) is 11.9.